The number of ether oxygens (including phenoxy) is 2. The van der Waals surface area contributed by atoms with Crippen molar-refractivity contribution in [1.29, 1.82) is 0 Å². The number of anilines is 1. The third-order valence-electron chi connectivity index (χ3n) is 4.20. The summed E-state index contributed by atoms with van der Waals surface area (Å²) in [5.74, 6) is 0.575. The molecule has 0 fully saturated rings. The maximum atomic E-state index is 12.1. The number of amides is 2. The van der Waals surface area contributed by atoms with E-state index in [4.69, 9.17) is 9.47 Å². The van der Waals surface area contributed by atoms with Gasteiger partial charge in [-0.1, -0.05) is 12.1 Å². The summed E-state index contributed by atoms with van der Waals surface area (Å²) in [5, 5.41) is 8.77. The number of benzene rings is 2. The zero-order valence-electron chi connectivity index (χ0n) is 17.9. The highest BCUT2D eigenvalue weighted by atomic mass is 16.5. The first-order chi connectivity index (χ1) is 14.5. The first kappa shape index (κ1) is 23.2. The molecular weight excluding hydrogens is 382 g/mol. The zero-order valence-corrected chi connectivity index (χ0v) is 17.9. The van der Waals surface area contributed by atoms with Crippen LogP contribution in [0.25, 0.3) is 0 Å². The van der Waals surface area contributed by atoms with E-state index in [-0.39, 0.29) is 24.5 Å². The van der Waals surface area contributed by atoms with Gasteiger partial charge in [-0.05, 0) is 62.2 Å². The van der Waals surface area contributed by atoms with E-state index >= 15 is 0 Å². The third-order valence-corrected chi connectivity index (χ3v) is 4.20. The number of rotatable bonds is 12. The Hall–Kier alpha value is -3.06. The smallest absolute Gasteiger partial charge is 0.251 e. The summed E-state index contributed by atoms with van der Waals surface area (Å²) in [7, 11) is 1.63. The topological polar surface area (TPSA) is 88.7 Å². The van der Waals surface area contributed by atoms with Gasteiger partial charge in [-0.3, -0.25) is 9.59 Å². The van der Waals surface area contributed by atoms with Gasteiger partial charge in [0.25, 0.3) is 5.91 Å². The maximum Gasteiger partial charge on any atom is 0.251 e. The molecule has 2 rings (SSSR count). The molecule has 0 heterocycles. The fraction of sp³-hybridized carbons (Fsp3) is 0.391. The van der Waals surface area contributed by atoms with Crippen molar-refractivity contribution in [3.05, 3.63) is 59.7 Å². The lowest BCUT2D eigenvalue weighted by molar-refractivity contribution is -0.119. The van der Waals surface area contributed by atoms with E-state index in [1.54, 1.807) is 31.4 Å². The van der Waals surface area contributed by atoms with E-state index in [2.05, 4.69) is 16.0 Å². The number of carbonyl (C=O) groups excluding carboxylic acids is 2. The van der Waals surface area contributed by atoms with Crippen molar-refractivity contribution in [2.24, 2.45) is 0 Å². The van der Waals surface area contributed by atoms with Gasteiger partial charge in [0.2, 0.25) is 5.91 Å². The van der Waals surface area contributed by atoms with E-state index in [0.29, 0.717) is 25.3 Å². The average Bonchev–Trinajstić information content (AvgIpc) is 2.74. The van der Waals surface area contributed by atoms with Crippen LogP contribution in [-0.2, 0) is 16.1 Å². The number of methoxy groups -OCH3 is 1. The first-order valence-electron chi connectivity index (χ1n) is 10.1. The van der Waals surface area contributed by atoms with Crippen LogP contribution in [0.2, 0.25) is 0 Å². The fourth-order valence-electron chi connectivity index (χ4n) is 2.66. The Bertz CT molecular complexity index is 789. The molecule has 3 N–H and O–H groups in total. The summed E-state index contributed by atoms with van der Waals surface area (Å²) in [6.07, 6.45) is 0.901. The molecule has 0 unspecified atom stereocenters. The standard InChI is InChI=1S/C23H31N3O4/c1-17(2)30-21-11-5-18(6-12-21)15-26-22(27)16-25-20-9-7-19(8-10-20)23(28)24-13-4-14-29-3/h5-12,17,25H,4,13-16H2,1-3H3,(H,24,28)(H,26,27). The van der Waals surface area contributed by atoms with Gasteiger partial charge in [0.05, 0.1) is 12.6 Å². The van der Waals surface area contributed by atoms with Gasteiger partial charge < -0.3 is 25.4 Å². The molecule has 0 aromatic heterocycles. The Balaban J connectivity index is 1.70. The minimum absolute atomic E-state index is 0.113. The molecule has 0 radical (unpaired) electrons. The van der Waals surface area contributed by atoms with Crippen molar-refractivity contribution in [3.8, 4) is 5.75 Å². The number of hydrogen-bond acceptors (Lipinski definition) is 5. The highest BCUT2D eigenvalue weighted by Crippen LogP contribution is 2.14. The van der Waals surface area contributed by atoms with Crippen LogP contribution in [0.3, 0.4) is 0 Å². The molecule has 0 aliphatic rings. The maximum absolute atomic E-state index is 12.1. The molecule has 2 amide bonds. The highest BCUT2D eigenvalue weighted by molar-refractivity contribution is 5.94. The lowest BCUT2D eigenvalue weighted by Crippen LogP contribution is -2.29. The summed E-state index contributed by atoms with van der Waals surface area (Å²) in [4.78, 5) is 24.1. The largest absolute Gasteiger partial charge is 0.491 e. The number of carbonyl (C=O) groups is 2. The molecule has 0 aliphatic heterocycles. The number of hydrogen-bond donors (Lipinski definition) is 3. The number of nitrogens with one attached hydrogen (secondary N) is 3. The predicted molar refractivity (Wildman–Crippen MR) is 118 cm³/mol. The van der Waals surface area contributed by atoms with E-state index in [1.807, 2.05) is 38.1 Å². The molecule has 162 valence electrons. The molecule has 30 heavy (non-hydrogen) atoms. The summed E-state index contributed by atoms with van der Waals surface area (Å²) in [6.45, 7) is 5.74. The van der Waals surface area contributed by atoms with Gasteiger partial charge in [0.1, 0.15) is 5.75 Å². The molecule has 0 spiro atoms. The van der Waals surface area contributed by atoms with Crippen LogP contribution in [0.15, 0.2) is 48.5 Å². The average molecular weight is 414 g/mol. The van der Waals surface area contributed by atoms with Crippen LogP contribution >= 0.6 is 0 Å². The Morgan fingerprint density at radius 3 is 2.30 bits per heavy atom. The molecular formula is C23H31N3O4. The van der Waals surface area contributed by atoms with Crippen molar-refractivity contribution in [3.63, 3.8) is 0 Å². The quantitative estimate of drug-likeness (QED) is 0.466. The second-order valence-corrected chi connectivity index (χ2v) is 7.12. The molecule has 0 saturated carbocycles. The van der Waals surface area contributed by atoms with Crippen LogP contribution in [-0.4, -0.2) is 44.7 Å². The van der Waals surface area contributed by atoms with Gasteiger partial charge in [-0.25, -0.2) is 0 Å². The van der Waals surface area contributed by atoms with Gasteiger partial charge in [0.15, 0.2) is 0 Å². The lowest BCUT2D eigenvalue weighted by Gasteiger charge is -2.11. The first-order valence-corrected chi connectivity index (χ1v) is 10.1. The van der Waals surface area contributed by atoms with E-state index in [1.165, 1.54) is 0 Å². The Labute approximate surface area is 178 Å². The van der Waals surface area contributed by atoms with Crippen molar-refractivity contribution in [2.45, 2.75) is 32.9 Å². The molecule has 0 aliphatic carbocycles. The van der Waals surface area contributed by atoms with Crippen molar-refractivity contribution >= 4 is 17.5 Å². The van der Waals surface area contributed by atoms with Gasteiger partial charge in [-0.2, -0.15) is 0 Å². The summed E-state index contributed by atoms with van der Waals surface area (Å²) >= 11 is 0. The van der Waals surface area contributed by atoms with E-state index < -0.39 is 0 Å². The normalized spacial score (nSPS) is 10.5. The van der Waals surface area contributed by atoms with Crippen LogP contribution in [0.5, 0.6) is 5.75 Å². The van der Waals surface area contributed by atoms with E-state index in [9.17, 15) is 9.59 Å². The summed E-state index contributed by atoms with van der Waals surface area (Å²) < 4.78 is 10.6. The molecule has 7 nitrogen and oxygen atoms in total. The van der Waals surface area contributed by atoms with Crippen molar-refractivity contribution in [2.75, 3.05) is 32.1 Å². The SMILES string of the molecule is COCCCNC(=O)c1ccc(NCC(=O)NCc2ccc(OC(C)C)cc2)cc1. The minimum Gasteiger partial charge on any atom is -0.491 e. The Kier molecular flexibility index (Phi) is 9.67. The van der Waals surface area contributed by atoms with Gasteiger partial charge in [-0.15, -0.1) is 0 Å². The molecule has 7 heteroatoms. The fourth-order valence-corrected chi connectivity index (χ4v) is 2.66. The molecule has 0 bridgehead atoms. The van der Waals surface area contributed by atoms with Crippen LogP contribution in [0.1, 0.15) is 36.2 Å². The third kappa shape index (κ3) is 8.53. The Morgan fingerprint density at radius 2 is 1.67 bits per heavy atom. The molecule has 2 aromatic carbocycles. The second kappa shape index (κ2) is 12.5. The highest BCUT2D eigenvalue weighted by Gasteiger charge is 2.06. The summed E-state index contributed by atoms with van der Waals surface area (Å²) in [5.41, 5.74) is 2.35. The molecule has 2 aromatic rings. The Morgan fingerprint density at radius 1 is 0.967 bits per heavy atom. The van der Waals surface area contributed by atoms with E-state index in [0.717, 1.165) is 23.4 Å². The molecule has 0 atom stereocenters. The van der Waals surface area contributed by atoms with Crippen LogP contribution in [0.4, 0.5) is 5.69 Å². The minimum atomic E-state index is -0.125. The van der Waals surface area contributed by atoms with Crippen molar-refractivity contribution in [1.82, 2.24) is 10.6 Å². The predicted octanol–water partition coefficient (Wildman–Crippen LogP) is 2.97. The van der Waals surface area contributed by atoms with Crippen molar-refractivity contribution < 1.29 is 19.1 Å². The second-order valence-electron chi connectivity index (χ2n) is 7.12. The summed E-state index contributed by atoms with van der Waals surface area (Å²) in [6, 6.07) is 14.7. The van der Waals surface area contributed by atoms with Gasteiger partial charge in [0, 0.05) is 38.1 Å². The lowest BCUT2D eigenvalue weighted by atomic mass is 10.2. The molecule has 0 saturated heterocycles. The monoisotopic (exact) mass is 413 g/mol. The van der Waals surface area contributed by atoms with Crippen LogP contribution in [0, 0.1) is 0 Å². The van der Waals surface area contributed by atoms with Crippen LogP contribution < -0.4 is 20.7 Å². The van der Waals surface area contributed by atoms with Gasteiger partial charge >= 0.3 is 0 Å². The zero-order chi connectivity index (χ0) is 21.8.